The van der Waals surface area contributed by atoms with E-state index >= 15 is 0 Å². The molecular weight excluding hydrogens is 493 g/mol. The minimum absolute atomic E-state index is 0.00831. The summed E-state index contributed by atoms with van der Waals surface area (Å²) >= 11 is 5.98. The molecule has 35 heavy (non-hydrogen) atoms. The first-order chi connectivity index (χ1) is 16.6. The fourth-order valence-electron chi connectivity index (χ4n) is 3.71. The molecule has 0 saturated heterocycles. The number of para-hydroxylation sites is 1. The average molecular weight is 526 g/mol. The molecule has 2 rings (SSSR count). The molecule has 0 aliphatic heterocycles. The number of nitrogens with one attached hydrogen (secondary N) is 1. The van der Waals surface area contributed by atoms with Crippen LogP contribution < -0.4 is 9.62 Å². The average Bonchev–Trinajstić information content (AvgIpc) is 2.81. The summed E-state index contributed by atoms with van der Waals surface area (Å²) in [6.45, 7) is 4.42. The zero-order valence-corrected chi connectivity index (χ0v) is 21.9. The second-order valence-electron chi connectivity index (χ2n) is 8.25. The Bertz CT molecular complexity index is 1100. The predicted octanol–water partition coefficient (Wildman–Crippen LogP) is 4.36. The molecule has 0 saturated carbocycles. The molecule has 0 aliphatic carbocycles. The first-order valence-corrected chi connectivity index (χ1v) is 13.8. The zero-order valence-electron chi connectivity index (χ0n) is 20.3. The molecule has 7 nitrogen and oxygen atoms in total. The smallest absolute Gasteiger partial charge is 0.242 e. The van der Waals surface area contributed by atoms with Gasteiger partial charge in [0.1, 0.15) is 11.9 Å². The van der Waals surface area contributed by atoms with Crippen molar-refractivity contribution in [3.8, 4) is 0 Å². The van der Waals surface area contributed by atoms with Crippen molar-refractivity contribution in [2.75, 3.05) is 23.7 Å². The summed E-state index contributed by atoms with van der Waals surface area (Å²) in [5.41, 5.74) is 0.749. The Balaban J connectivity index is 2.20. The van der Waals surface area contributed by atoms with Crippen LogP contribution in [0.1, 0.15) is 45.1 Å². The minimum atomic E-state index is -3.76. The van der Waals surface area contributed by atoms with Crippen LogP contribution in [0.2, 0.25) is 5.02 Å². The lowest BCUT2D eigenvalue weighted by Crippen LogP contribution is -2.49. The number of sulfonamides is 1. The maximum absolute atomic E-state index is 14.3. The molecule has 0 heterocycles. The normalized spacial score (nSPS) is 12.1. The van der Waals surface area contributed by atoms with Gasteiger partial charge >= 0.3 is 0 Å². The van der Waals surface area contributed by atoms with Gasteiger partial charge in [-0.3, -0.25) is 13.9 Å². The molecule has 0 unspecified atom stereocenters. The largest absolute Gasteiger partial charge is 0.354 e. The fraction of sp³-hybridized carbons (Fsp3) is 0.440. The van der Waals surface area contributed by atoms with Crippen LogP contribution in [0.25, 0.3) is 0 Å². The van der Waals surface area contributed by atoms with E-state index in [1.165, 1.54) is 23.1 Å². The van der Waals surface area contributed by atoms with Crippen molar-refractivity contribution in [3.05, 3.63) is 64.9 Å². The maximum Gasteiger partial charge on any atom is 0.242 e. The highest BCUT2D eigenvalue weighted by Crippen LogP contribution is 2.22. The lowest BCUT2D eigenvalue weighted by molar-refractivity contribution is -0.141. The second kappa shape index (κ2) is 13.4. The molecule has 0 radical (unpaired) electrons. The van der Waals surface area contributed by atoms with Crippen LogP contribution in [0, 0.1) is 5.82 Å². The van der Waals surface area contributed by atoms with Gasteiger partial charge in [0.2, 0.25) is 21.8 Å². The molecule has 1 atom stereocenters. The number of nitrogens with zero attached hydrogens (tertiary/aromatic N) is 2. The van der Waals surface area contributed by atoms with Crippen molar-refractivity contribution in [3.63, 3.8) is 0 Å². The molecule has 192 valence electrons. The Hall–Kier alpha value is -2.65. The fourth-order valence-corrected chi connectivity index (χ4v) is 4.80. The van der Waals surface area contributed by atoms with E-state index in [0.29, 0.717) is 18.0 Å². The Labute approximate surface area is 212 Å². The summed E-state index contributed by atoms with van der Waals surface area (Å²) < 4.78 is 39.8. The summed E-state index contributed by atoms with van der Waals surface area (Å²) in [5.74, 6) is -1.19. The monoisotopic (exact) mass is 525 g/mol. The van der Waals surface area contributed by atoms with E-state index in [9.17, 15) is 22.4 Å². The number of rotatable bonds is 13. The van der Waals surface area contributed by atoms with Gasteiger partial charge in [-0.05, 0) is 49.1 Å². The van der Waals surface area contributed by atoms with Gasteiger partial charge in [-0.15, -0.1) is 0 Å². The van der Waals surface area contributed by atoms with Crippen LogP contribution in [0.5, 0.6) is 0 Å². The van der Waals surface area contributed by atoms with Crippen molar-refractivity contribution in [1.29, 1.82) is 0 Å². The lowest BCUT2D eigenvalue weighted by atomic mass is 10.1. The van der Waals surface area contributed by atoms with Crippen molar-refractivity contribution in [2.24, 2.45) is 0 Å². The summed E-state index contributed by atoms with van der Waals surface area (Å²) in [6.07, 6.45) is 2.33. The highest BCUT2D eigenvalue weighted by molar-refractivity contribution is 7.92. The van der Waals surface area contributed by atoms with Crippen LogP contribution in [0.3, 0.4) is 0 Å². The number of anilines is 1. The van der Waals surface area contributed by atoms with E-state index in [1.807, 2.05) is 13.8 Å². The summed E-state index contributed by atoms with van der Waals surface area (Å²) in [7, 11) is -3.76. The molecule has 10 heteroatoms. The number of halogens is 2. The number of benzene rings is 2. The Kier molecular flexibility index (Phi) is 11.0. The first kappa shape index (κ1) is 28.6. The first-order valence-electron chi connectivity index (χ1n) is 11.6. The molecule has 0 fully saturated rings. The second-order valence-corrected chi connectivity index (χ2v) is 10.6. The van der Waals surface area contributed by atoms with Gasteiger partial charge in [-0.25, -0.2) is 12.8 Å². The van der Waals surface area contributed by atoms with Crippen LogP contribution in [-0.4, -0.2) is 50.5 Å². The standard InChI is InChI=1S/C25H33ClFN3O4S/c1-4-16-28-25(32)22(5-2)29(18-19-12-14-20(26)15-13-19)24(31)11-8-17-30(35(3,33)34)23-10-7-6-9-21(23)27/h6-7,9-10,12-15,22H,4-5,8,11,16-18H2,1-3H3,(H,28,32)/t22-/m1/s1. The SMILES string of the molecule is CCCNC(=O)[C@@H](CC)N(Cc1ccc(Cl)cc1)C(=O)CCCN(c1ccccc1F)S(C)(=O)=O. The number of carbonyl (C=O) groups excluding carboxylic acids is 2. The van der Waals surface area contributed by atoms with Crippen molar-refractivity contribution < 1.29 is 22.4 Å². The minimum Gasteiger partial charge on any atom is -0.354 e. The predicted molar refractivity (Wildman–Crippen MR) is 137 cm³/mol. The Morgan fingerprint density at radius 1 is 1.09 bits per heavy atom. The Morgan fingerprint density at radius 2 is 1.74 bits per heavy atom. The van der Waals surface area contributed by atoms with Gasteiger partial charge < -0.3 is 10.2 Å². The van der Waals surface area contributed by atoms with E-state index in [2.05, 4.69) is 5.32 Å². The third-order valence-electron chi connectivity index (χ3n) is 5.47. The van der Waals surface area contributed by atoms with E-state index in [0.717, 1.165) is 22.5 Å². The van der Waals surface area contributed by atoms with Gasteiger partial charge in [-0.2, -0.15) is 0 Å². The van der Waals surface area contributed by atoms with E-state index in [1.54, 1.807) is 30.3 Å². The lowest BCUT2D eigenvalue weighted by Gasteiger charge is -2.31. The molecule has 2 amide bonds. The zero-order chi connectivity index (χ0) is 26.0. The summed E-state index contributed by atoms with van der Waals surface area (Å²) in [6, 6.07) is 12.0. The third-order valence-corrected chi connectivity index (χ3v) is 6.91. The number of amides is 2. The molecule has 0 aromatic heterocycles. The van der Waals surface area contributed by atoms with Gasteiger partial charge in [0.15, 0.2) is 0 Å². The molecular formula is C25H33ClFN3O4S. The van der Waals surface area contributed by atoms with Gasteiger partial charge in [0, 0.05) is 31.1 Å². The number of hydrogen-bond donors (Lipinski definition) is 1. The number of hydrogen-bond acceptors (Lipinski definition) is 4. The topological polar surface area (TPSA) is 86.8 Å². The van der Waals surface area contributed by atoms with Crippen LogP contribution in [-0.2, 0) is 26.2 Å². The summed E-state index contributed by atoms with van der Waals surface area (Å²) in [4.78, 5) is 27.6. The van der Waals surface area contributed by atoms with Crippen LogP contribution in [0.4, 0.5) is 10.1 Å². The molecule has 0 aliphatic rings. The molecule has 2 aromatic rings. The highest BCUT2D eigenvalue weighted by Gasteiger charge is 2.29. The molecule has 0 bridgehead atoms. The van der Waals surface area contributed by atoms with Gasteiger partial charge in [-0.1, -0.05) is 49.7 Å². The van der Waals surface area contributed by atoms with E-state index in [4.69, 9.17) is 11.6 Å². The van der Waals surface area contributed by atoms with E-state index in [-0.39, 0.29) is 43.4 Å². The van der Waals surface area contributed by atoms with Gasteiger partial charge in [0.05, 0.1) is 11.9 Å². The molecule has 2 aromatic carbocycles. The third kappa shape index (κ3) is 8.50. The maximum atomic E-state index is 14.3. The van der Waals surface area contributed by atoms with Crippen molar-refractivity contribution in [2.45, 2.75) is 52.1 Å². The van der Waals surface area contributed by atoms with Crippen molar-refractivity contribution in [1.82, 2.24) is 10.2 Å². The molecule has 0 spiro atoms. The van der Waals surface area contributed by atoms with Crippen molar-refractivity contribution >= 4 is 39.1 Å². The van der Waals surface area contributed by atoms with E-state index < -0.39 is 21.9 Å². The molecule has 1 N–H and O–H groups in total. The number of carbonyl (C=O) groups is 2. The summed E-state index contributed by atoms with van der Waals surface area (Å²) in [5, 5.41) is 3.42. The Morgan fingerprint density at radius 3 is 2.31 bits per heavy atom. The van der Waals surface area contributed by atoms with Crippen LogP contribution >= 0.6 is 11.6 Å². The van der Waals surface area contributed by atoms with Gasteiger partial charge in [0.25, 0.3) is 0 Å². The van der Waals surface area contributed by atoms with Crippen LogP contribution in [0.15, 0.2) is 48.5 Å². The quantitative estimate of drug-likeness (QED) is 0.421. The highest BCUT2D eigenvalue weighted by atomic mass is 35.5.